The fraction of sp³-hybridized carbons (Fsp3) is 0.375. The van der Waals surface area contributed by atoms with Gasteiger partial charge in [-0.2, -0.15) is 0 Å². The largest absolute Gasteiger partial charge is 0.397 e. The van der Waals surface area contributed by atoms with E-state index in [0.717, 1.165) is 5.69 Å². The van der Waals surface area contributed by atoms with Gasteiger partial charge in [-0.15, -0.1) is 0 Å². The van der Waals surface area contributed by atoms with Crippen LogP contribution in [-0.2, 0) is 6.54 Å². The predicted molar refractivity (Wildman–Crippen MR) is 83.9 cm³/mol. The average Bonchev–Trinajstić information content (AvgIpc) is 2.87. The molecule has 0 bridgehead atoms. The van der Waals surface area contributed by atoms with Crippen molar-refractivity contribution < 1.29 is 4.79 Å². The summed E-state index contributed by atoms with van der Waals surface area (Å²) in [4.78, 5) is 18.8. The maximum atomic E-state index is 12.7. The van der Waals surface area contributed by atoms with Gasteiger partial charge in [-0.1, -0.05) is 6.07 Å². The van der Waals surface area contributed by atoms with E-state index in [9.17, 15) is 4.79 Å². The molecule has 0 atom stereocenters. The number of nitrogen functional groups attached to an aromatic ring is 1. The molecule has 5 heteroatoms. The molecule has 0 aliphatic carbocycles. The summed E-state index contributed by atoms with van der Waals surface area (Å²) in [6.07, 6.45) is 3.55. The molecule has 2 N–H and O–H groups in total. The lowest BCUT2D eigenvalue weighted by molar-refractivity contribution is 0.0738. The first-order chi connectivity index (χ1) is 10.0. The van der Waals surface area contributed by atoms with Crippen LogP contribution < -0.4 is 5.73 Å². The third-order valence-electron chi connectivity index (χ3n) is 3.39. The predicted octanol–water partition coefficient (Wildman–Crippen LogP) is 2.71. The molecule has 5 nitrogen and oxygen atoms in total. The van der Waals surface area contributed by atoms with Crippen LogP contribution in [0, 0.1) is 0 Å². The van der Waals surface area contributed by atoms with E-state index >= 15 is 0 Å². The minimum atomic E-state index is -0.0199. The van der Waals surface area contributed by atoms with Gasteiger partial charge in [0.2, 0.25) is 0 Å². The lowest BCUT2D eigenvalue weighted by atomic mass is 10.2. The highest BCUT2D eigenvalue weighted by Gasteiger charge is 2.20. The maximum Gasteiger partial charge on any atom is 0.270 e. The van der Waals surface area contributed by atoms with Gasteiger partial charge in [0.15, 0.2) is 0 Å². The number of pyridine rings is 1. The zero-order chi connectivity index (χ0) is 15.4. The summed E-state index contributed by atoms with van der Waals surface area (Å²) >= 11 is 0. The third-order valence-corrected chi connectivity index (χ3v) is 3.39. The molecule has 21 heavy (non-hydrogen) atoms. The number of nitrogens with two attached hydrogens (primary N) is 1. The molecule has 0 saturated carbocycles. The Morgan fingerprint density at radius 2 is 2.19 bits per heavy atom. The Morgan fingerprint density at radius 1 is 1.43 bits per heavy atom. The van der Waals surface area contributed by atoms with E-state index in [1.165, 1.54) is 0 Å². The van der Waals surface area contributed by atoms with E-state index < -0.39 is 0 Å². The van der Waals surface area contributed by atoms with Crippen LogP contribution in [0.5, 0.6) is 0 Å². The van der Waals surface area contributed by atoms with Crippen molar-refractivity contribution in [3.63, 3.8) is 0 Å². The average molecular weight is 286 g/mol. The van der Waals surface area contributed by atoms with Crippen LogP contribution in [0.3, 0.4) is 0 Å². The lowest BCUT2D eigenvalue weighted by Gasteiger charge is -2.22. The molecule has 0 radical (unpaired) electrons. The molecule has 2 rings (SSSR count). The van der Waals surface area contributed by atoms with Crippen molar-refractivity contribution in [2.24, 2.45) is 0 Å². The Hall–Kier alpha value is -2.30. The molecule has 2 aromatic rings. The third kappa shape index (κ3) is 3.42. The molecule has 0 aromatic carbocycles. The zero-order valence-corrected chi connectivity index (χ0v) is 12.8. The van der Waals surface area contributed by atoms with Gasteiger partial charge in [0, 0.05) is 25.0 Å². The van der Waals surface area contributed by atoms with Crippen molar-refractivity contribution in [2.75, 3.05) is 12.3 Å². The maximum absolute atomic E-state index is 12.7. The quantitative estimate of drug-likeness (QED) is 0.919. The number of nitrogens with zero attached hydrogens (tertiary/aromatic N) is 3. The number of carbonyl (C=O) groups excluding carboxylic acids is 1. The number of rotatable bonds is 5. The van der Waals surface area contributed by atoms with Crippen LogP contribution in [0.15, 0.2) is 36.7 Å². The van der Waals surface area contributed by atoms with E-state index in [-0.39, 0.29) is 11.9 Å². The smallest absolute Gasteiger partial charge is 0.270 e. The summed E-state index contributed by atoms with van der Waals surface area (Å²) in [6.45, 7) is 7.15. The van der Waals surface area contributed by atoms with Gasteiger partial charge < -0.3 is 15.2 Å². The van der Waals surface area contributed by atoms with E-state index in [1.54, 1.807) is 17.2 Å². The van der Waals surface area contributed by atoms with E-state index in [0.29, 0.717) is 24.5 Å². The monoisotopic (exact) mass is 286 g/mol. The van der Waals surface area contributed by atoms with Gasteiger partial charge >= 0.3 is 0 Å². The highest BCUT2D eigenvalue weighted by molar-refractivity contribution is 5.93. The molecule has 0 aliphatic heterocycles. The second-order valence-corrected chi connectivity index (χ2v) is 5.30. The number of carbonyl (C=O) groups is 1. The van der Waals surface area contributed by atoms with Crippen molar-refractivity contribution in [3.05, 3.63) is 48.0 Å². The molecule has 0 fully saturated rings. The Bertz CT molecular complexity index is 604. The van der Waals surface area contributed by atoms with Gasteiger partial charge in [0.1, 0.15) is 5.69 Å². The molecule has 112 valence electrons. The topological polar surface area (TPSA) is 64.2 Å². The first kappa shape index (κ1) is 15.1. The molecular formula is C16H22N4O. The van der Waals surface area contributed by atoms with Crippen LogP contribution in [0.4, 0.5) is 5.69 Å². The minimum Gasteiger partial charge on any atom is -0.397 e. The molecule has 2 aromatic heterocycles. The summed E-state index contributed by atoms with van der Waals surface area (Å²) in [5, 5.41) is 0. The number of aromatic nitrogens is 2. The van der Waals surface area contributed by atoms with Crippen LogP contribution in [0.2, 0.25) is 0 Å². The van der Waals surface area contributed by atoms with Gasteiger partial charge in [-0.25, -0.2) is 0 Å². The first-order valence-electron chi connectivity index (χ1n) is 7.19. The Balaban J connectivity index is 2.24. The number of amides is 1. The molecule has 0 saturated heterocycles. The molecule has 1 amide bonds. The van der Waals surface area contributed by atoms with E-state index in [1.807, 2.05) is 49.7 Å². The molecule has 2 heterocycles. The number of anilines is 1. The Labute approximate surface area is 125 Å². The molecule has 0 spiro atoms. The summed E-state index contributed by atoms with van der Waals surface area (Å²) in [7, 11) is 0. The Morgan fingerprint density at radius 3 is 2.76 bits per heavy atom. The summed E-state index contributed by atoms with van der Waals surface area (Å²) in [5.41, 5.74) is 7.96. The normalized spacial score (nSPS) is 10.9. The SMILES string of the molecule is CCN(Cc1ccccn1)C(=O)c1cc(N)cn1C(C)C. The molecule has 0 aliphatic rings. The van der Waals surface area contributed by atoms with Crippen molar-refractivity contribution in [2.45, 2.75) is 33.4 Å². The van der Waals surface area contributed by atoms with E-state index in [4.69, 9.17) is 5.73 Å². The number of hydrogen-bond donors (Lipinski definition) is 1. The molecule has 0 unspecified atom stereocenters. The van der Waals surface area contributed by atoms with Crippen molar-refractivity contribution in [3.8, 4) is 0 Å². The highest BCUT2D eigenvalue weighted by Crippen LogP contribution is 2.19. The van der Waals surface area contributed by atoms with Crippen molar-refractivity contribution >= 4 is 11.6 Å². The summed E-state index contributed by atoms with van der Waals surface area (Å²) < 4.78 is 1.92. The number of hydrogen-bond acceptors (Lipinski definition) is 3. The standard InChI is InChI=1S/C16H22N4O/c1-4-19(11-14-7-5-6-8-18-14)16(21)15-9-13(17)10-20(15)12(2)3/h5-10,12H,4,11,17H2,1-3H3. The second-order valence-electron chi connectivity index (χ2n) is 5.30. The van der Waals surface area contributed by atoms with Gasteiger partial charge in [-0.3, -0.25) is 9.78 Å². The fourth-order valence-corrected chi connectivity index (χ4v) is 2.28. The Kier molecular flexibility index (Phi) is 4.62. The van der Waals surface area contributed by atoms with Crippen molar-refractivity contribution in [1.29, 1.82) is 0 Å². The van der Waals surface area contributed by atoms with E-state index in [2.05, 4.69) is 4.98 Å². The van der Waals surface area contributed by atoms with Crippen LogP contribution >= 0.6 is 0 Å². The first-order valence-corrected chi connectivity index (χ1v) is 7.19. The van der Waals surface area contributed by atoms with Crippen LogP contribution in [0.25, 0.3) is 0 Å². The second kappa shape index (κ2) is 6.43. The summed E-state index contributed by atoms with van der Waals surface area (Å²) in [6, 6.07) is 7.64. The van der Waals surface area contributed by atoms with Crippen LogP contribution in [0.1, 0.15) is 43.0 Å². The molecular weight excluding hydrogens is 264 g/mol. The lowest BCUT2D eigenvalue weighted by Crippen LogP contribution is -2.32. The highest BCUT2D eigenvalue weighted by atomic mass is 16.2. The van der Waals surface area contributed by atoms with Crippen molar-refractivity contribution in [1.82, 2.24) is 14.5 Å². The van der Waals surface area contributed by atoms with Gasteiger partial charge in [0.25, 0.3) is 5.91 Å². The van der Waals surface area contributed by atoms with Gasteiger partial charge in [0.05, 0.1) is 17.9 Å². The minimum absolute atomic E-state index is 0.0199. The van der Waals surface area contributed by atoms with Gasteiger partial charge in [-0.05, 0) is 39.0 Å². The van der Waals surface area contributed by atoms with Crippen LogP contribution in [-0.4, -0.2) is 26.9 Å². The summed E-state index contributed by atoms with van der Waals surface area (Å²) in [5.74, 6) is -0.0199. The zero-order valence-electron chi connectivity index (χ0n) is 12.8. The fourth-order valence-electron chi connectivity index (χ4n) is 2.28.